The molecule has 0 N–H and O–H groups in total. The molecule has 2 aromatic rings. The van der Waals surface area contributed by atoms with Gasteiger partial charge in [-0.15, -0.1) is 0 Å². The Balaban J connectivity index is 1.93. The van der Waals surface area contributed by atoms with Crippen molar-refractivity contribution in [1.82, 2.24) is 0 Å². The average Bonchev–Trinajstić information content (AvgIpc) is 2.63. The molecule has 144 valence electrons. The van der Waals surface area contributed by atoms with E-state index in [9.17, 15) is 18.4 Å². The third-order valence-electron chi connectivity index (χ3n) is 3.86. The molecular formula is C21H22F2O4. The topological polar surface area (TPSA) is 52.6 Å². The number of benzene rings is 2. The van der Waals surface area contributed by atoms with Gasteiger partial charge in [0.15, 0.2) is 0 Å². The Bertz CT molecular complexity index is 769. The van der Waals surface area contributed by atoms with Crippen molar-refractivity contribution in [2.75, 3.05) is 6.61 Å². The molecule has 6 heteroatoms. The van der Waals surface area contributed by atoms with Gasteiger partial charge in [0.25, 0.3) is 0 Å². The van der Waals surface area contributed by atoms with Gasteiger partial charge in [0, 0.05) is 18.2 Å². The summed E-state index contributed by atoms with van der Waals surface area (Å²) in [7, 11) is 0. The quantitative estimate of drug-likeness (QED) is 0.338. The number of hydrogen-bond donors (Lipinski definition) is 0. The van der Waals surface area contributed by atoms with Crippen molar-refractivity contribution in [1.29, 1.82) is 0 Å². The second kappa shape index (κ2) is 10.4. The fourth-order valence-corrected chi connectivity index (χ4v) is 2.48. The summed E-state index contributed by atoms with van der Waals surface area (Å²) < 4.78 is 36.5. The van der Waals surface area contributed by atoms with E-state index in [1.54, 1.807) is 0 Å². The largest absolute Gasteiger partial charge is 0.462 e. The molecule has 0 saturated heterocycles. The maximum absolute atomic E-state index is 13.2. The summed E-state index contributed by atoms with van der Waals surface area (Å²) in [6.07, 6.45) is 5.20. The van der Waals surface area contributed by atoms with Crippen LogP contribution in [0.4, 0.5) is 8.78 Å². The Hall–Kier alpha value is -2.76. The molecule has 0 spiro atoms. The van der Waals surface area contributed by atoms with Gasteiger partial charge in [-0.05, 0) is 24.6 Å². The predicted molar refractivity (Wildman–Crippen MR) is 96.8 cm³/mol. The molecule has 0 heterocycles. The van der Waals surface area contributed by atoms with Crippen LogP contribution < -0.4 is 4.74 Å². The van der Waals surface area contributed by atoms with E-state index in [0.29, 0.717) is 12.7 Å². The average molecular weight is 376 g/mol. The van der Waals surface area contributed by atoms with Crippen LogP contribution in [0.3, 0.4) is 0 Å². The van der Waals surface area contributed by atoms with Crippen LogP contribution in [0.5, 0.6) is 5.75 Å². The molecule has 2 aromatic carbocycles. The van der Waals surface area contributed by atoms with Crippen LogP contribution in [0.2, 0.25) is 0 Å². The number of rotatable bonds is 9. The lowest BCUT2D eigenvalue weighted by Crippen LogP contribution is -2.11. The lowest BCUT2D eigenvalue weighted by atomic mass is 10.1. The van der Waals surface area contributed by atoms with Crippen molar-refractivity contribution in [3.05, 3.63) is 65.2 Å². The van der Waals surface area contributed by atoms with Gasteiger partial charge >= 0.3 is 11.9 Å². The molecule has 0 fully saturated rings. The van der Waals surface area contributed by atoms with Gasteiger partial charge in [0.1, 0.15) is 17.4 Å². The van der Waals surface area contributed by atoms with E-state index in [1.165, 1.54) is 24.3 Å². The van der Waals surface area contributed by atoms with Crippen molar-refractivity contribution in [2.45, 2.75) is 39.0 Å². The summed E-state index contributed by atoms with van der Waals surface area (Å²) in [6.45, 7) is 2.45. The number of carbonyl (C=O) groups excluding carboxylic acids is 2. The van der Waals surface area contributed by atoms with Crippen LogP contribution in [0.25, 0.3) is 0 Å². The molecule has 27 heavy (non-hydrogen) atoms. The summed E-state index contributed by atoms with van der Waals surface area (Å²) in [5.74, 6) is -3.31. The highest BCUT2D eigenvalue weighted by molar-refractivity contribution is 5.96. The number of esters is 2. The van der Waals surface area contributed by atoms with Crippen LogP contribution in [0.15, 0.2) is 42.5 Å². The Morgan fingerprint density at radius 2 is 1.48 bits per heavy atom. The molecule has 0 aromatic heterocycles. The first kappa shape index (κ1) is 20.6. The normalized spacial score (nSPS) is 10.5. The number of halogens is 2. The molecule has 0 aliphatic carbocycles. The molecule has 2 rings (SSSR count). The first-order valence-corrected chi connectivity index (χ1v) is 8.95. The third-order valence-corrected chi connectivity index (χ3v) is 3.86. The minimum absolute atomic E-state index is 0.0806. The minimum Gasteiger partial charge on any atom is -0.462 e. The van der Waals surface area contributed by atoms with E-state index in [4.69, 9.17) is 9.47 Å². The Morgan fingerprint density at radius 3 is 2.15 bits per heavy atom. The zero-order chi connectivity index (χ0) is 19.6. The summed E-state index contributed by atoms with van der Waals surface area (Å²) >= 11 is 0. The van der Waals surface area contributed by atoms with Crippen LogP contribution in [0.1, 0.15) is 59.7 Å². The van der Waals surface area contributed by atoms with Crippen molar-refractivity contribution >= 4 is 11.9 Å². The Kier molecular flexibility index (Phi) is 7.92. The predicted octanol–water partition coefficient (Wildman–Crippen LogP) is 5.31. The fourth-order valence-electron chi connectivity index (χ4n) is 2.48. The summed E-state index contributed by atoms with van der Waals surface area (Å²) in [6, 6.07) is 8.29. The van der Waals surface area contributed by atoms with Crippen LogP contribution in [0, 0.1) is 11.6 Å². The van der Waals surface area contributed by atoms with Crippen LogP contribution in [-0.2, 0) is 4.74 Å². The molecule has 4 nitrogen and oxygen atoms in total. The second-order valence-electron chi connectivity index (χ2n) is 6.13. The van der Waals surface area contributed by atoms with Gasteiger partial charge in [-0.2, -0.15) is 0 Å². The second-order valence-corrected chi connectivity index (χ2v) is 6.13. The molecule has 0 atom stereocenters. The fraction of sp³-hybridized carbons (Fsp3) is 0.333. The van der Waals surface area contributed by atoms with E-state index < -0.39 is 23.6 Å². The monoisotopic (exact) mass is 376 g/mol. The zero-order valence-electron chi connectivity index (χ0n) is 15.2. The summed E-state index contributed by atoms with van der Waals surface area (Å²) in [5, 5.41) is 0. The first-order valence-electron chi connectivity index (χ1n) is 8.95. The SMILES string of the molecule is CCCCCCCOC(=O)c1cccc(C(=O)Oc2cc(F)cc(F)c2)c1. The standard InChI is InChI=1S/C21H22F2O4/c1-2-3-4-5-6-10-26-20(24)15-8-7-9-16(11-15)21(25)27-19-13-17(22)12-18(23)14-19/h7-9,11-14H,2-6,10H2,1H3. The number of unbranched alkanes of at least 4 members (excludes halogenated alkanes) is 4. The van der Waals surface area contributed by atoms with Crippen LogP contribution in [-0.4, -0.2) is 18.5 Å². The Labute approximate surface area is 157 Å². The van der Waals surface area contributed by atoms with Gasteiger partial charge in [0.05, 0.1) is 17.7 Å². The van der Waals surface area contributed by atoms with Gasteiger partial charge in [-0.1, -0.05) is 38.7 Å². The van der Waals surface area contributed by atoms with E-state index in [-0.39, 0.29) is 16.9 Å². The molecule has 0 bridgehead atoms. The minimum atomic E-state index is -0.853. The van der Waals surface area contributed by atoms with E-state index in [1.807, 2.05) is 0 Å². The molecule has 0 aliphatic rings. The lowest BCUT2D eigenvalue weighted by molar-refractivity contribution is 0.0497. The molecule has 0 unspecified atom stereocenters. The van der Waals surface area contributed by atoms with Gasteiger partial charge in [0.2, 0.25) is 0 Å². The van der Waals surface area contributed by atoms with Crippen molar-refractivity contribution in [3.8, 4) is 5.75 Å². The smallest absolute Gasteiger partial charge is 0.343 e. The summed E-state index contributed by atoms with van der Waals surface area (Å²) in [4.78, 5) is 24.2. The van der Waals surface area contributed by atoms with Crippen molar-refractivity contribution in [3.63, 3.8) is 0 Å². The number of ether oxygens (including phenoxy) is 2. The van der Waals surface area contributed by atoms with Crippen LogP contribution >= 0.6 is 0 Å². The third kappa shape index (κ3) is 6.81. The highest BCUT2D eigenvalue weighted by Gasteiger charge is 2.14. The Morgan fingerprint density at radius 1 is 0.852 bits per heavy atom. The maximum Gasteiger partial charge on any atom is 0.343 e. The zero-order valence-corrected chi connectivity index (χ0v) is 15.2. The van der Waals surface area contributed by atoms with Gasteiger partial charge in [-0.3, -0.25) is 0 Å². The van der Waals surface area contributed by atoms with E-state index >= 15 is 0 Å². The van der Waals surface area contributed by atoms with Gasteiger partial charge in [-0.25, -0.2) is 18.4 Å². The lowest BCUT2D eigenvalue weighted by Gasteiger charge is -2.07. The first-order chi connectivity index (χ1) is 13.0. The summed E-state index contributed by atoms with van der Waals surface area (Å²) in [5.41, 5.74) is 0.292. The highest BCUT2D eigenvalue weighted by Crippen LogP contribution is 2.17. The highest BCUT2D eigenvalue weighted by atomic mass is 19.1. The molecule has 0 radical (unpaired) electrons. The van der Waals surface area contributed by atoms with Gasteiger partial charge < -0.3 is 9.47 Å². The van der Waals surface area contributed by atoms with Crippen molar-refractivity contribution < 1.29 is 27.8 Å². The molecule has 0 aliphatic heterocycles. The number of hydrogen-bond acceptors (Lipinski definition) is 4. The van der Waals surface area contributed by atoms with E-state index in [0.717, 1.165) is 44.2 Å². The van der Waals surface area contributed by atoms with E-state index in [2.05, 4.69) is 6.92 Å². The molecule has 0 amide bonds. The van der Waals surface area contributed by atoms with Crippen molar-refractivity contribution in [2.24, 2.45) is 0 Å². The molecular weight excluding hydrogens is 354 g/mol. The maximum atomic E-state index is 13.2. The number of carbonyl (C=O) groups is 2. The molecule has 0 saturated carbocycles.